The largest absolute Gasteiger partial charge is 0.465 e. The standard InChI is InChI=1S/C10H16N6O14/c17-5-7(11(19)20)3-9(13(23)24,14(25)26)1-2-10(15(27)28,16(29)30)4-8(6-18)12(21)22/h7-8,17-18H,1-6H2/t7-,8+. The maximum Gasteiger partial charge on any atom is 0.465 e. The molecule has 30 heavy (non-hydrogen) atoms. The van der Waals surface area contributed by atoms with E-state index in [9.17, 15) is 60.7 Å². The van der Waals surface area contributed by atoms with Crippen molar-refractivity contribution >= 4 is 0 Å². The van der Waals surface area contributed by atoms with Crippen molar-refractivity contribution in [2.75, 3.05) is 13.2 Å². The molecule has 0 saturated carbocycles. The van der Waals surface area contributed by atoms with Crippen molar-refractivity contribution < 1.29 is 39.8 Å². The second kappa shape index (κ2) is 10.2. The number of hydrogen-bond acceptors (Lipinski definition) is 14. The molecular formula is C10H16N6O14. The zero-order valence-corrected chi connectivity index (χ0v) is 14.9. The van der Waals surface area contributed by atoms with Gasteiger partial charge in [0, 0.05) is 9.85 Å². The highest BCUT2D eigenvalue weighted by atomic mass is 16.7. The first-order valence-electron chi connectivity index (χ1n) is 7.78. The third kappa shape index (κ3) is 5.44. The van der Waals surface area contributed by atoms with Gasteiger partial charge in [-0.15, -0.1) is 0 Å². The summed E-state index contributed by atoms with van der Waals surface area (Å²) in [6.45, 7) is -2.75. The molecular weight excluding hydrogens is 428 g/mol. The fourth-order valence-corrected chi connectivity index (χ4v) is 2.57. The summed E-state index contributed by atoms with van der Waals surface area (Å²) in [7, 11) is 0. The van der Waals surface area contributed by atoms with E-state index in [1.54, 1.807) is 0 Å². The molecule has 0 radical (unpaired) electrons. The smallest absolute Gasteiger partial charge is 0.389 e. The van der Waals surface area contributed by atoms with Gasteiger partial charge in [0.05, 0.1) is 19.7 Å². The predicted octanol–water partition coefficient (Wildman–Crippen LogP) is -1.68. The van der Waals surface area contributed by atoms with Crippen molar-refractivity contribution in [3.8, 4) is 0 Å². The first-order chi connectivity index (χ1) is 13.7. The number of nitrogens with zero attached hydrogens (tertiary/aromatic N) is 6. The van der Waals surface area contributed by atoms with Gasteiger partial charge >= 0.3 is 11.3 Å². The summed E-state index contributed by atoms with van der Waals surface area (Å²) in [6, 6.07) is -4.49. The van der Waals surface area contributed by atoms with Gasteiger partial charge in [-0.2, -0.15) is 0 Å². The summed E-state index contributed by atoms with van der Waals surface area (Å²) in [5.74, 6) is 0. The Morgan fingerprint density at radius 3 is 0.933 bits per heavy atom. The number of hydrogen-bond donors (Lipinski definition) is 2. The fraction of sp³-hybridized carbons (Fsp3) is 1.00. The van der Waals surface area contributed by atoms with Crippen LogP contribution in [0.25, 0.3) is 0 Å². The summed E-state index contributed by atoms with van der Waals surface area (Å²) in [6.07, 6.45) is -6.34. The van der Waals surface area contributed by atoms with E-state index in [0.29, 0.717) is 0 Å². The first kappa shape index (κ1) is 26.3. The summed E-state index contributed by atoms with van der Waals surface area (Å²) < 4.78 is 0. The van der Waals surface area contributed by atoms with Gasteiger partial charge in [0.1, 0.15) is 26.1 Å². The van der Waals surface area contributed by atoms with Gasteiger partial charge in [-0.05, 0) is 0 Å². The lowest BCUT2D eigenvalue weighted by Gasteiger charge is -2.22. The highest BCUT2D eigenvalue weighted by molar-refractivity contribution is 4.80. The van der Waals surface area contributed by atoms with E-state index in [0.717, 1.165) is 0 Å². The zero-order valence-electron chi connectivity index (χ0n) is 14.9. The Balaban J connectivity index is 6.28. The van der Waals surface area contributed by atoms with Gasteiger partial charge in [-0.25, -0.2) is 0 Å². The molecule has 0 fully saturated rings. The van der Waals surface area contributed by atoms with Crippen molar-refractivity contribution in [3.63, 3.8) is 0 Å². The Bertz CT molecular complexity index is 638. The second-order valence-electron chi connectivity index (χ2n) is 6.15. The lowest BCUT2D eigenvalue weighted by Crippen LogP contribution is -2.55. The Labute approximate surface area is 164 Å². The first-order valence-corrected chi connectivity index (χ1v) is 7.78. The van der Waals surface area contributed by atoms with Crippen LogP contribution in [0.5, 0.6) is 0 Å². The molecule has 0 aromatic heterocycles. The van der Waals surface area contributed by atoms with Crippen molar-refractivity contribution in [1.82, 2.24) is 0 Å². The minimum atomic E-state index is -3.54. The molecule has 2 atom stereocenters. The topological polar surface area (TPSA) is 299 Å². The molecule has 0 amide bonds. The quantitative estimate of drug-likeness (QED) is 0.162. The molecule has 0 rings (SSSR count). The Morgan fingerprint density at radius 2 is 0.800 bits per heavy atom. The van der Waals surface area contributed by atoms with E-state index in [1.807, 2.05) is 0 Å². The van der Waals surface area contributed by atoms with Gasteiger partial charge in [0.2, 0.25) is 12.1 Å². The number of rotatable bonds is 15. The van der Waals surface area contributed by atoms with Gasteiger partial charge in [-0.3, -0.25) is 60.7 Å². The third-order valence-electron chi connectivity index (χ3n) is 4.43. The van der Waals surface area contributed by atoms with E-state index in [1.165, 1.54) is 0 Å². The van der Waals surface area contributed by atoms with Crippen LogP contribution in [0, 0.1) is 60.7 Å². The average Bonchev–Trinajstić information content (AvgIpc) is 2.62. The molecule has 0 bridgehead atoms. The van der Waals surface area contributed by atoms with E-state index >= 15 is 0 Å². The maximum absolute atomic E-state index is 11.4. The molecule has 0 saturated heterocycles. The van der Waals surface area contributed by atoms with E-state index in [4.69, 9.17) is 10.2 Å². The zero-order chi connectivity index (χ0) is 23.9. The van der Waals surface area contributed by atoms with Crippen LogP contribution in [0.2, 0.25) is 0 Å². The maximum atomic E-state index is 11.4. The summed E-state index contributed by atoms with van der Waals surface area (Å²) in [5.41, 5.74) is -7.08. The van der Waals surface area contributed by atoms with Crippen molar-refractivity contribution in [3.05, 3.63) is 60.7 Å². The second-order valence-corrected chi connectivity index (χ2v) is 6.15. The molecule has 0 aliphatic heterocycles. The van der Waals surface area contributed by atoms with Crippen LogP contribution < -0.4 is 0 Å². The Morgan fingerprint density at radius 1 is 0.567 bits per heavy atom. The van der Waals surface area contributed by atoms with Gasteiger partial charge in [-0.1, -0.05) is 0 Å². The van der Waals surface area contributed by atoms with Crippen LogP contribution in [-0.4, -0.2) is 76.4 Å². The molecule has 170 valence electrons. The molecule has 0 unspecified atom stereocenters. The van der Waals surface area contributed by atoms with Gasteiger partial charge in [0.15, 0.2) is 12.8 Å². The molecule has 0 aliphatic carbocycles. The predicted molar refractivity (Wildman–Crippen MR) is 87.6 cm³/mol. The van der Waals surface area contributed by atoms with E-state index in [-0.39, 0.29) is 0 Å². The molecule has 0 aromatic carbocycles. The number of aliphatic hydroxyl groups excluding tert-OH is 2. The third-order valence-corrected chi connectivity index (χ3v) is 4.43. The Hall–Kier alpha value is -3.68. The molecule has 2 N–H and O–H groups in total. The normalized spacial score (nSPS) is 13.8. The molecule has 0 spiro atoms. The van der Waals surface area contributed by atoms with Crippen LogP contribution in [0.4, 0.5) is 0 Å². The van der Waals surface area contributed by atoms with Gasteiger partial charge in [0.25, 0.3) is 0 Å². The highest BCUT2D eigenvalue weighted by Crippen LogP contribution is 2.33. The SMILES string of the molecule is O=[N+]([O-])[C@H](CO)CC(CCC(C[C@H](CO)[N+](=O)[O-])([N+](=O)[O-])[N+](=O)[O-])([N+](=O)[O-])[N+](=O)[O-]. The van der Waals surface area contributed by atoms with Crippen LogP contribution >= 0.6 is 0 Å². The van der Waals surface area contributed by atoms with E-state index < -0.39 is 91.8 Å². The van der Waals surface area contributed by atoms with Crippen molar-refractivity contribution in [2.45, 2.75) is 49.1 Å². The molecule has 0 aromatic rings. The van der Waals surface area contributed by atoms with E-state index in [2.05, 4.69) is 0 Å². The highest BCUT2D eigenvalue weighted by Gasteiger charge is 2.66. The van der Waals surface area contributed by atoms with Gasteiger partial charge < -0.3 is 10.2 Å². The summed E-state index contributed by atoms with van der Waals surface area (Å²) in [5, 5.41) is 84.9. The number of nitro groups is 6. The van der Waals surface area contributed by atoms with Crippen molar-refractivity contribution in [1.29, 1.82) is 0 Å². The molecule has 0 heterocycles. The summed E-state index contributed by atoms with van der Waals surface area (Å²) in [4.78, 5) is 57.9. The van der Waals surface area contributed by atoms with Crippen molar-refractivity contribution in [2.24, 2.45) is 0 Å². The summed E-state index contributed by atoms with van der Waals surface area (Å²) >= 11 is 0. The lowest BCUT2D eigenvalue weighted by atomic mass is 9.89. The Kier molecular flexibility index (Phi) is 8.95. The fourth-order valence-electron chi connectivity index (χ4n) is 2.57. The molecule has 0 aliphatic rings. The monoisotopic (exact) mass is 444 g/mol. The minimum absolute atomic E-state index is 1.27. The molecule has 20 heteroatoms. The van der Waals surface area contributed by atoms with Crippen LogP contribution in [0.1, 0.15) is 25.7 Å². The average molecular weight is 444 g/mol. The van der Waals surface area contributed by atoms with Crippen LogP contribution in [0.3, 0.4) is 0 Å². The van der Waals surface area contributed by atoms with Crippen LogP contribution in [-0.2, 0) is 0 Å². The lowest BCUT2D eigenvalue weighted by molar-refractivity contribution is -0.821. The number of aliphatic hydroxyl groups is 2. The minimum Gasteiger partial charge on any atom is -0.389 e. The van der Waals surface area contributed by atoms with Crippen LogP contribution in [0.15, 0.2) is 0 Å². The molecule has 20 nitrogen and oxygen atoms in total.